The molecule has 1 atom stereocenters. The number of nitrogens with one attached hydrogen (secondary N) is 1. The number of hydrogen-bond acceptors (Lipinski definition) is 7. The van der Waals surface area contributed by atoms with Crippen LogP contribution in [-0.2, 0) is 4.79 Å². The van der Waals surface area contributed by atoms with Gasteiger partial charge in [-0.15, -0.1) is 0 Å². The van der Waals surface area contributed by atoms with Crippen LogP contribution in [-0.4, -0.2) is 22.6 Å². The molecule has 2 aromatic heterocycles. The Bertz CT molecular complexity index is 1580. The van der Waals surface area contributed by atoms with Crippen LogP contribution >= 0.6 is 23.2 Å². The molecular formula is C27H26Cl2N6O3. The summed E-state index contributed by atoms with van der Waals surface area (Å²) < 4.78 is 6.97. The molecule has 0 radical (unpaired) electrons. The summed E-state index contributed by atoms with van der Waals surface area (Å²) in [5.74, 6) is 6.12. The lowest BCUT2D eigenvalue weighted by molar-refractivity contribution is -0.119. The number of nitrogens with zero attached hydrogens (tertiary/aromatic N) is 3. The highest BCUT2D eigenvalue weighted by molar-refractivity contribution is 6.31. The van der Waals surface area contributed by atoms with Crippen LogP contribution in [0, 0.1) is 0 Å². The first-order chi connectivity index (χ1) is 18.2. The monoisotopic (exact) mass is 552 g/mol. The van der Waals surface area contributed by atoms with Crippen molar-refractivity contribution in [2.45, 2.75) is 19.4 Å². The van der Waals surface area contributed by atoms with Gasteiger partial charge in [-0.25, -0.2) is 5.84 Å². The van der Waals surface area contributed by atoms with Gasteiger partial charge in [-0.3, -0.25) is 24.1 Å². The van der Waals surface area contributed by atoms with Crippen LogP contribution in [0.2, 0.25) is 5.02 Å². The van der Waals surface area contributed by atoms with E-state index in [9.17, 15) is 9.59 Å². The van der Waals surface area contributed by atoms with E-state index in [0.717, 1.165) is 10.9 Å². The molecule has 2 aromatic carbocycles. The Kier molecular flexibility index (Phi) is 8.21. The van der Waals surface area contributed by atoms with Crippen molar-refractivity contribution < 1.29 is 9.53 Å². The van der Waals surface area contributed by atoms with Gasteiger partial charge in [0, 0.05) is 39.5 Å². The van der Waals surface area contributed by atoms with E-state index in [0.29, 0.717) is 39.7 Å². The summed E-state index contributed by atoms with van der Waals surface area (Å²) in [4.78, 5) is 30.9. The van der Waals surface area contributed by atoms with Crippen LogP contribution in [0.1, 0.15) is 19.4 Å². The molecule has 0 saturated heterocycles. The number of anilines is 2. The molecule has 11 heteroatoms. The molecule has 2 heterocycles. The van der Waals surface area contributed by atoms with Gasteiger partial charge in [0.25, 0.3) is 5.56 Å². The van der Waals surface area contributed by atoms with Gasteiger partial charge in [0.1, 0.15) is 16.9 Å². The summed E-state index contributed by atoms with van der Waals surface area (Å²) >= 11 is 12.1. The molecule has 0 aliphatic carbocycles. The second kappa shape index (κ2) is 11.6. The van der Waals surface area contributed by atoms with Crippen LogP contribution < -0.4 is 32.2 Å². The molecule has 1 amide bonds. The van der Waals surface area contributed by atoms with Gasteiger partial charge in [0.2, 0.25) is 5.91 Å². The Morgan fingerprint density at radius 1 is 1.21 bits per heavy atom. The lowest BCUT2D eigenvalue weighted by atomic mass is 10.0. The summed E-state index contributed by atoms with van der Waals surface area (Å²) in [6, 6.07) is 14.8. The molecule has 4 aromatic rings. The number of amides is 1. The fourth-order valence-corrected chi connectivity index (χ4v) is 4.45. The number of pyridine rings is 2. The van der Waals surface area contributed by atoms with Crippen LogP contribution in [0.4, 0.5) is 11.4 Å². The highest BCUT2D eigenvalue weighted by Gasteiger charge is 2.23. The van der Waals surface area contributed by atoms with E-state index < -0.39 is 11.6 Å². The molecule has 0 spiro atoms. The first kappa shape index (κ1) is 27.0. The molecule has 4 rings (SSSR count). The summed E-state index contributed by atoms with van der Waals surface area (Å²) in [6.45, 7) is 1.82. The number of aromatic nitrogens is 2. The molecule has 196 valence electrons. The predicted octanol–water partition coefficient (Wildman–Crippen LogP) is 4.99. The van der Waals surface area contributed by atoms with Crippen molar-refractivity contribution in [2.75, 3.05) is 17.4 Å². The van der Waals surface area contributed by atoms with Crippen molar-refractivity contribution in [3.8, 4) is 16.9 Å². The Labute approximate surface area is 229 Å². The van der Waals surface area contributed by atoms with Crippen LogP contribution in [0.25, 0.3) is 22.0 Å². The van der Waals surface area contributed by atoms with Gasteiger partial charge < -0.3 is 15.8 Å². The molecule has 0 aliphatic heterocycles. The summed E-state index contributed by atoms with van der Waals surface area (Å²) in [5.41, 5.74) is 7.90. The van der Waals surface area contributed by atoms with E-state index in [1.165, 1.54) is 35.1 Å². The highest BCUT2D eigenvalue weighted by Crippen LogP contribution is 2.37. The van der Waals surface area contributed by atoms with E-state index in [-0.39, 0.29) is 11.1 Å². The van der Waals surface area contributed by atoms with E-state index in [2.05, 4.69) is 10.3 Å². The van der Waals surface area contributed by atoms with Crippen LogP contribution in [0.5, 0.6) is 5.75 Å². The number of fused-ring (bicyclic) bond motifs is 1. The molecule has 5 N–H and O–H groups in total. The number of rotatable bonds is 8. The Hall–Kier alpha value is -4.05. The van der Waals surface area contributed by atoms with E-state index in [1.807, 2.05) is 25.1 Å². The van der Waals surface area contributed by atoms with Gasteiger partial charge in [0.05, 0.1) is 30.7 Å². The number of benzene rings is 2. The maximum absolute atomic E-state index is 13.3. The highest BCUT2D eigenvalue weighted by atomic mass is 35.5. The summed E-state index contributed by atoms with van der Waals surface area (Å²) in [6.07, 6.45) is 4.87. The van der Waals surface area contributed by atoms with Crippen molar-refractivity contribution in [1.82, 2.24) is 9.55 Å². The van der Waals surface area contributed by atoms with Crippen LogP contribution in [0.15, 0.2) is 83.1 Å². The standard InChI is InChI=1S/C27H26Cl2N6O3/c1-3-22(27(37)33-18-8-6-16-5-4-10-32-21(16)12-18)34-14-24(38-2)20(13-26(34)36)19-11-17(28)7-9-23(19)35(31)15-25(29)30/h4-15,22H,3,30-31H2,1-2H3,(H,33,37)/b25-15-. The third kappa shape index (κ3) is 5.75. The van der Waals surface area contributed by atoms with Gasteiger partial charge in [0.15, 0.2) is 0 Å². The number of methoxy groups -OCH3 is 1. The van der Waals surface area contributed by atoms with E-state index in [1.54, 1.807) is 36.5 Å². The molecule has 0 aliphatic rings. The number of ether oxygens (including phenoxy) is 1. The average molecular weight is 553 g/mol. The number of carbonyl (C=O) groups excluding carboxylic acids is 1. The third-order valence-corrected chi connectivity index (χ3v) is 6.28. The van der Waals surface area contributed by atoms with Gasteiger partial charge in [-0.1, -0.05) is 42.3 Å². The van der Waals surface area contributed by atoms with Crippen molar-refractivity contribution >= 4 is 51.4 Å². The van der Waals surface area contributed by atoms with Crippen LogP contribution in [0.3, 0.4) is 0 Å². The van der Waals surface area contributed by atoms with Crippen molar-refractivity contribution in [3.05, 3.63) is 93.7 Å². The molecule has 1 unspecified atom stereocenters. The Balaban J connectivity index is 1.72. The zero-order chi connectivity index (χ0) is 27.4. The fraction of sp³-hybridized carbons (Fsp3) is 0.148. The fourth-order valence-electron chi connectivity index (χ4n) is 4.18. The molecular weight excluding hydrogens is 527 g/mol. The van der Waals surface area contributed by atoms with Gasteiger partial charge in [-0.05, 0) is 42.8 Å². The second-order valence-corrected chi connectivity index (χ2v) is 9.28. The number of halogens is 2. The predicted molar refractivity (Wildman–Crippen MR) is 152 cm³/mol. The van der Waals surface area contributed by atoms with Crippen molar-refractivity contribution in [1.29, 1.82) is 0 Å². The normalized spacial score (nSPS) is 12.3. The maximum atomic E-state index is 13.3. The van der Waals surface area contributed by atoms with E-state index in [4.69, 9.17) is 39.5 Å². The molecule has 38 heavy (non-hydrogen) atoms. The topological polar surface area (TPSA) is 128 Å². The summed E-state index contributed by atoms with van der Waals surface area (Å²) in [7, 11) is 1.47. The zero-order valence-electron chi connectivity index (χ0n) is 20.7. The third-order valence-electron chi connectivity index (χ3n) is 5.95. The number of nitrogens with two attached hydrogens (primary N) is 2. The molecule has 0 saturated carbocycles. The first-order valence-corrected chi connectivity index (χ1v) is 12.4. The number of carbonyl (C=O) groups is 1. The lowest BCUT2D eigenvalue weighted by Crippen LogP contribution is -2.32. The Morgan fingerprint density at radius 3 is 2.71 bits per heavy atom. The van der Waals surface area contributed by atoms with Crippen molar-refractivity contribution in [2.24, 2.45) is 11.6 Å². The first-order valence-electron chi connectivity index (χ1n) is 11.6. The molecule has 0 bridgehead atoms. The minimum absolute atomic E-state index is 0.0326. The van der Waals surface area contributed by atoms with E-state index >= 15 is 0 Å². The molecule has 0 fully saturated rings. The smallest absolute Gasteiger partial charge is 0.252 e. The average Bonchev–Trinajstić information content (AvgIpc) is 2.89. The maximum Gasteiger partial charge on any atom is 0.252 e. The van der Waals surface area contributed by atoms with Gasteiger partial charge in [-0.2, -0.15) is 0 Å². The Morgan fingerprint density at radius 2 is 2.00 bits per heavy atom. The SMILES string of the molecule is CCC(C(=O)Nc1ccc2cccnc2c1)n1cc(OC)c(-c2cc(Cl)ccc2N(N)/C=C(\N)Cl)cc1=O. The largest absolute Gasteiger partial charge is 0.495 e. The lowest BCUT2D eigenvalue weighted by Gasteiger charge is -2.22. The second-order valence-electron chi connectivity index (χ2n) is 8.41. The number of hydrazine groups is 1. The van der Waals surface area contributed by atoms with Gasteiger partial charge >= 0.3 is 0 Å². The quantitative estimate of drug-likeness (QED) is 0.159. The minimum Gasteiger partial charge on any atom is -0.495 e. The summed E-state index contributed by atoms with van der Waals surface area (Å²) in [5, 5.41) is 5.45. The zero-order valence-corrected chi connectivity index (χ0v) is 22.2. The molecule has 9 nitrogen and oxygen atoms in total. The number of hydrogen-bond donors (Lipinski definition) is 3. The minimum atomic E-state index is -0.798. The van der Waals surface area contributed by atoms with Crippen molar-refractivity contribution in [3.63, 3.8) is 0 Å².